The lowest BCUT2D eigenvalue weighted by Crippen LogP contribution is -1.78. The summed E-state index contributed by atoms with van der Waals surface area (Å²) in [6.45, 7) is 10.6. The average molecular weight is 232 g/mol. The second-order valence-corrected chi connectivity index (χ2v) is 3.85. The molecule has 0 aliphatic rings. The zero-order valence-corrected chi connectivity index (χ0v) is 11.6. The fourth-order valence-electron chi connectivity index (χ4n) is 0.910. The van der Waals surface area contributed by atoms with E-state index in [0.29, 0.717) is 0 Å². The summed E-state index contributed by atoms with van der Waals surface area (Å²) in [6.07, 6.45) is 4.70. The molecular weight excluding hydrogens is 208 g/mol. The molecule has 17 heavy (non-hydrogen) atoms. The zero-order chi connectivity index (χ0) is 13.1. The summed E-state index contributed by atoms with van der Waals surface area (Å²) in [7, 11) is 0. The van der Waals surface area contributed by atoms with Gasteiger partial charge in [0.25, 0.3) is 0 Å². The van der Waals surface area contributed by atoms with Crippen molar-refractivity contribution in [2.24, 2.45) is 5.92 Å². The third kappa shape index (κ3) is 6.67. The first-order valence-corrected chi connectivity index (χ1v) is 6.39. The highest BCUT2D eigenvalue weighted by molar-refractivity contribution is 5.72. The van der Waals surface area contributed by atoms with Gasteiger partial charge in [0.2, 0.25) is 0 Å². The van der Waals surface area contributed by atoms with Crippen LogP contribution in [0.25, 0.3) is 11.0 Å². The molecule has 0 atom stereocenters. The highest BCUT2D eigenvalue weighted by Crippen LogP contribution is 2.04. The Morgan fingerprint density at radius 2 is 1.29 bits per heavy atom. The molecule has 0 radical (unpaired) electrons. The molecule has 2 aromatic rings. The minimum Gasteiger partial charge on any atom is -0.253 e. The van der Waals surface area contributed by atoms with Gasteiger partial charge in [-0.05, 0) is 18.1 Å². The molecular formula is C15H24N2. The van der Waals surface area contributed by atoms with Crippen molar-refractivity contribution in [3.8, 4) is 0 Å². The van der Waals surface area contributed by atoms with E-state index in [0.717, 1.165) is 17.0 Å². The van der Waals surface area contributed by atoms with E-state index in [4.69, 9.17) is 0 Å². The molecule has 94 valence electrons. The summed E-state index contributed by atoms with van der Waals surface area (Å²) < 4.78 is 0. The lowest BCUT2D eigenvalue weighted by Gasteiger charge is -1.90. The molecule has 2 heteroatoms. The number of para-hydroxylation sites is 2. The molecule has 0 unspecified atom stereocenters. The van der Waals surface area contributed by atoms with Crippen LogP contribution in [-0.2, 0) is 0 Å². The van der Waals surface area contributed by atoms with Gasteiger partial charge in [0.1, 0.15) is 0 Å². The number of nitrogens with zero attached hydrogens (tertiary/aromatic N) is 2. The quantitative estimate of drug-likeness (QED) is 0.711. The van der Waals surface area contributed by atoms with Gasteiger partial charge in [0.05, 0.1) is 11.0 Å². The topological polar surface area (TPSA) is 25.8 Å². The van der Waals surface area contributed by atoms with Crippen LogP contribution in [0.15, 0.2) is 36.7 Å². The molecule has 1 aromatic carbocycles. The number of rotatable bonds is 1. The molecule has 1 aromatic heterocycles. The van der Waals surface area contributed by atoms with Crippen molar-refractivity contribution < 1.29 is 0 Å². The maximum absolute atomic E-state index is 4.12. The lowest BCUT2D eigenvalue weighted by molar-refractivity contribution is 0.626. The number of benzene rings is 1. The van der Waals surface area contributed by atoms with E-state index in [2.05, 4.69) is 30.7 Å². The van der Waals surface area contributed by atoms with Crippen LogP contribution in [0.4, 0.5) is 0 Å². The van der Waals surface area contributed by atoms with Crippen LogP contribution in [0.5, 0.6) is 0 Å². The summed E-state index contributed by atoms with van der Waals surface area (Å²) in [6, 6.07) is 7.80. The molecule has 0 bridgehead atoms. The van der Waals surface area contributed by atoms with E-state index >= 15 is 0 Å². The van der Waals surface area contributed by atoms with Gasteiger partial charge in [-0.1, -0.05) is 53.2 Å². The van der Waals surface area contributed by atoms with Gasteiger partial charge in [0, 0.05) is 12.4 Å². The summed E-state index contributed by atoms with van der Waals surface area (Å²) in [5.74, 6) is 0.884. The van der Waals surface area contributed by atoms with Crippen LogP contribution in [0.3, 0.4) is 0 Å². The largest absolute Gasteiger partial charge is 0.253 e. The van der Waals surface area contributed by atoms with Gasteiger partial charge in [-0.3, -0.25) is 9.97 Å². The standard InChI is InChI=1S/C8H6N2.C5H12.C2H6/c1-2-4-8-7(3-1)9-5-6-10-8;1-4-5(2)3;1-2/h1-6H;5H,4H2,1-3H3;1-2H3. The first kappa shape index (κ1) is 15.6. The monoisotopic (exact) mass is 232 g/mol. The molecule has 0 aliphatic carbocycles. The van der Waals surface area contributed by atoms with E-state index in [-0.39, 0.29) is 0 Å². The minimum absolute atomic E-state index is 0.884. The third-order valence-electron chi connectivity index (χ3n) is 2.19. The van der Waals surface area contributed by atoms with Gasteiger partial charge in [-0.2, -0.15) is 0 Å². The van der Waals surface area contributed by atoms with E-state index < -0.39 is 0 Å². The first-order valence-electron chi connectivity index (χ1n) is 6.39. The lowest BCUT2D eigenvalue weighted by atomic mass is 10.2. The molecule has 0 saturated heterocycles. The fourth-order valence-corrected chi connectivity index (χ4v) is 0.910. The van der Waals surface area contributed by atoms with Crippen molar-refractivity contribution in [2.75, 3.05) is 0 Å². The molecule has 1 heterocycles. The van der Waals surface area contributed by atoms with Gasteiger partial charge < -0.3 is 0 Å². The Kier molecular flexibility index (Phi) is 8.94. The van der Waals surface area contributed by atoms with Crippen molar-refractivity contribution in [3.63, 3.8) is 0 Å². The van der Waals surface area contributed by atoms with Crippen LogP contribution in [0.2, 0.25) is 0 Å². The molecule has 0 amide bonds. The maximum Gasteiger partial charge on any atom is 0.0886 e. The Morgan fingerprint density at radius 3 is 1.59 bits per heavy atom. The van der Waals surface area contributed by atoms with Gasteiger partial charge in [-0.15, -0.1) is 0 Å². The summed E-state index contributed by atoms with van der Waals surface area (Å²) in [5.41, 5.74) is 1.90. The Morgan fingerprint density at radius 1 is 0.941 bits per heavy atom. The van der Waals surface area contributed by atoms with Crippen molar-refractivity contribution >= 4 is 11.0 Å². The Hall–Kier alpha value is -1.44. The van der Waals surface area contributed by atoms with E-state index in [1.807, 2.05) is 38.1 Å². The van der Waals surface area contributed by atoms with Crippen LogP contribution in [-0.4, -0.2) is 9.97 Å². The Bertz CT molecular complexity index is 331. The van der Waals surface area contributed by atoms with Gasteiger partial charge in [-0.25, -0.2) is 0 Å². The molecule has 0 aliphatic heterocycles. The van der Waals surface area contributed by atoms with Crippen LogP contribution in [0, 0.1) is 5.92 Å². The predicted octanol–water partition coefficient (Wildman–Crippen LogP) is 4.71. The van der Waals surface area contributed by atoms with Gasteiger partial charge >= 0.3 is 0 Å². The summed E-state index contributed by atoms with van der Waals surface area (Å²) in [5, 5.41) is 0. The van der Waals surface area contributed by atoms with Crippen molar-refractivity contribution in [2.45, 2.75) is 41.0 Å². The number of hydrogen-bond acceptors (Lipinski definition) is 2. The second kappa shape index (κ2) is 9.76. The summed E-state index contributed by atoms with van der Waals surface area (Å²) in [4.78, 5) is 8.24. The SMILES string of the molecule is CC.CCC(C)C.c1ccc2nccnc2c1. The van der Waals surface area contributed by atoms with E-state index in [1.165, 1.54) is 6.42 Å². The summed E-state index contributed by atoms with van der Waals surface area (Å²) >= 11 is 0. The first-order chi connectivity index (χ1) is 8.24. The van der Waals surface area contributed by atoms with Crippen LogP contribution in [0.1, 0.15) is 41.0 Å². The molecule has 2 nitrogen and oxygen atoms in total. The van der Waals surface area contributed by atoms with E-state index in [9.17, 15) is 0 Å². The van der Waals surface area contributed by atoms with Crippen molar-refractivity contribution in [1.82, 2.24) is 9.97 Å². The highest BCUT2D eigenvalue weighted by atomic mass is 14.8. The zero-order valence-electron chi connectivity index (χ0n) is 11.6. The molecule has 0 N–H and O–H groups in total. The van der Waals surface area contributed by atoms with Crippen LogP contribution >= 0.6 is 0 Å². The number of hydrogen-bond donors (Lipinski definition) is 0. The highest BCUT2D eigenvalue weighted by Gasteiger charge is 1.88. The maximum atomic E-state index is 4.12. The van der Waals surface area contributed by atoms with Gasteiger partial charge in [0.15, 0.2) is 0 Å². The molecule has 0 spiro atoms. The predicted molar refractivity (Wildman–Crippen MR) is 76.0 cm³/mol. The Balaban J connectivity index is 0.000000315. The van der Waals surface area contributed by atoms with Crippen LogP contribution < -0.4 is 0 Å². The smallest absolute Gasteiger partial charge is 0.0886 e. The minimum atomic E-state index is 0.884. The van der Waals surface area contributed by atoms with E-state index in [1.54, 1.807) is 12.4 Å². The Labute approximate surface area is 105 Å². The second-order valence-electron chi connectivity index (χ2n) is 3.85. The molecule has 0 fully saturated rings. The molecule has 2 rings (SSSR count). The molecule has 0 saturated carbocycles. The fraction of sp³-hybridized carbons (Fsp3) is 0.467. The number of aromatic nitrogens is 2. The van der Waals surface area contributed by atoms with Crippen molar-refractivity contribution in [3.05, 3.63) is 36.7 Å². The normalized spacial score (nSPS) is 9.06. The number of fused-ring (bicyclic) bond motifs is 1. The van der Waals surface area contributed by atoms with Crippen molar-refractivity contribution in [1.29, 1.82) is 0 Å². The third-order valence-corrected chi connectivity index (χ3v) is 2.19. The average Bonchev–Trinajstić information content (AvgIpc) is 2.42.